The molecule has 0 atom stereocenters. The van der Waals surface area contributed by atoms with Crippen molar-refractivity contribution >= 4 is 51.2 Å². The summed E-state index contributed by atoms with van der Waals surface area (Å²) >= 11 is 12.0. The fourth-order valence-corrected chi connectivity index (χ4v) is 7.27. The Morgan fingerprint density at radius 3 is 2.23 bits per heavy atom. The molecule has 1 aliphatic carbocycles. The van der Waals surface area contributed by atoms with Crippen molar-refractivity contribution in [3.63, 3.8) is 0 Å². The summed E-state index contributed by atoms with van der Waals surface area (Å²) in [5.74, 6) is -0.190. The molecule has 0 spiro atoms. The van der Waals surface area contributed by atoms with Gasteiger partial charge >= 0.3 is 5.97 Å². The lowest BCUT2D eigenvalue weighted by atomic mass is 9.94. The fourth-order valence-electron chi connectivity index (χ4n) is 5.62. The molecule has 0 saturated heterocycles. The second-order valence-electron chi connectivity index (χ2n) is 10.6. The van der Waals surface area contributed by atoms with Gasteiger partial charge in [0.15, 0.2) is 0 Å². The van der Waals surface area contributed by atoms with E-state index in [2.05, 4.69) is 0 Å². The van der Waals surface area contributed by atoms with Crippen molar-refractivity contribution < 1.29 is 27.2 Å². The van der Waals surface area contributed by atoms with Crippen molar-refractivity contribution in [3.05, 3.63) is 105 Å². The highest BCUT2D eigenvalue weighted by Gasteiger charge is 2.40. The first-order valence-corrected chi connectivity index (χ1v) is 16.2. The van der Waals surface area contributed by atoms with Gasteiger partial charge in [-0.05, 0) is 79.9 Å². The van der Waals surface area contributed by atoms with Crippen LogP contribution in [0.25, 0.3) is 6.08 Å². The van der Waals surface area contributed by atoms with Gasteiger partial charge in [-0.15, -0.1) is 0 Å². The molecule has 226 valence electrons. The Morgan fingerprint density at radius 2 is 1.60 bits per heavy atom. The first-order valence-electron chi connectivity index (χ1n) is 14.0. The molecule has 5 rings (SSSR count). The summed E-state index contributed by atoms with van der Waals surface area (Å²) in [7, 11) is -2.67. The van der Waals surface area contributed by atoms with E-state index in [-0.39, 0.29) is 41.1 Å². The number of hydrogen-bond donors (Lipinski definition) is 0. The summed E-state index contributed by atoms with van der Waals surface area (Å²) in [6.07, 6.45) is 6.47. The third kappa shape index (κ3) is 6.75. The summed E-state index contributed by atoms with van der Waals surface area (Å²) in [6.45, 7) is 1.74. The van der Waals surface area contributed by atoms with Crippen molar-refractivity contribution in [2.45, 2.75) is 63.1 Å². The lowest BCUT2D eigenvalue weighted by molar-refractivity contribution is -0.136. The highest BCUT2D eigenvalue weighted by atomic mass is 35.5. The monoisotopic (exact) mass is 642 g/mol. The molecule has 8 nitrogen and oxygen atoms in total. The molecule has 1 amide bonds. The van der Waals surface area contributed by atoms with Crippen LogP contribution in [0.2, 0.25) is 10.0 Å². The van der Waals surface area contributed by atoms with Crippen molar-refractivity contribution in [2.75, 3.05) is 7.11 Å². The zero-order valence-corrected chi connectivity index (χ0v) is 26.2. The van der Waals surface area contributed by atoms with Gasteiger partial charge < -0.3 is 14.1 Å². The van der Waals surface area contributed by atoms with Crippen LogP contribution in [-0.2, 0) is 37.4 Å². The molecule has 2 aromatic carbocycles. The average molecular weight is 644 g/mol. The molecule has 3 aromatic rings. The molecule has 1 aromatic heterocycles. The van der Waals surface area contributed by atoms with Crippen LogP contribution in [-0.4, -0.2) is 42.7 Å². The minimum atomic E-state index is -3.96. The Balaban J connectivity index is 1.45. The molecule has 1 fully saturated rings. The summed E-state index contributed by atoms with van der Waals surface area (Å²) in [5, 5.41) is 0.963. The zero-order valence-electron chi connectivity index (χ0n) is 23.9. The van der Waals surface area contributed by atoms with E-state index in [9.17, 15) is 18.0 Å². The number of ether oxygens (including phenoxy) is 1. The fraction of sp³-hybridized carbons (Fsp3) is 0.312. The minimum absolute atomic E-state index is 0.0264. The van der Waals surface area contributed by atoms with Crippen LogP contribution >= 0.6 is 23.2 Å². The van der Waals surface area contributed by atoms with Crippen LogP contribution in [0, 0.1) is 0 Å². The molecule has 0 bridgehead atoms. The zero-order chi connectivity index (χ0) is 30.7. The normalized spacial score (nSPS) is 17.4. The molecule has 0 N–H and O–H groups in total. The molecular weight excluding hydrogens is 611 g/mol. The number of hydrogen-bond acceptors (Lipinski definition) is 6. The molecule has 0 unspecified atom stereocenters. The van der Waals surface area contributed by atoms with Crippen LogP contribution in [0.1, 0.15) is 56.1 Å². The van der Waals surface area contributed by atoms with E-state index in [1.807, 2.05) is 0 Å². The average Bonchev–Trinajstić information content (AvgIpc) is 3.54. The molecule has 2 heterocycles. The highest BCUT2D eigenvalue weighted by molar-refractivity contribution is 7.89. The van der Waals surface area contributed by atoms with Crippen LogP contribution in [0.4, 0.5) is 0 Å². The predicted octanol–water partition coefficient (Wildman–Crippen LogP) is 6.98. The second kappa shape index (κ2) is 13.1. The Labute approximate surface area is 261 Å². The number of methoxy groups -OCH3 is 1. The number of allylic oxidation sites excluding steroid dienone is 1. The Kier molecular flexibility index (Phi) is 9.46. The quantitative estimate of drug-likeness (QED) is 0.184. The summed E-state index contributed by atoms with van der Waals surface area (Å²) < 4.78 is 39.8. The number of halogens is 2. The first kappa shape index (κ1) is 31.1. The van der Waals surface area contributed by atoms with Gasteiger partial charge in [-0.1, -0.05) is 54.6 Å². The topological polar surface area (TPSA) is 97.1 Å². The molecule has 0 radical (unpaired) electrons. The van der Waals surface area contributed by atoms with Gasteiger partial charge in [0, 0.05) is 28.3 Å². The highest BCUT2D eigenvalue weighted by Crippen LogP contribution is 2.37. The van der Waals surface area contributed by atoms with Gasteiger partial charge in [-0.3, -0.25) is 4.79 Å². The third-order valence-electron chi connectivity index (χ3n) is 7.80. The molecule has 11 heteroatoms. The maximum atomic E-state index is 13.7. The SMILES string of the molecule is COC(=O)C1=C(C)N(C2CCCCC2)C(=O)/C1=C/c1ccc(CN(Cc2ccc(Cl)cc2)S(=O)(=O)c2ccc(Cl)cc2)o1. The minimum Gasteiger partial charge on any atom is -0.465 e. The molecule has 43 heavy (non-hydrogen) atoms. The number of rotatable bonds is 9. The number of amides is 1. The number of benzene rings is 2. The van der Waals surface area contributed by atoms with Gasteiger partial charge in [0.25, 0.3) is 5.91 Å². The second-order valence-corrected chi connectivity index (χ2v) is 13.4. The van der Waals surface area contributed by atoms with E-state index in [1.165, 1.54) is 41.8 Å². The van der Waals surface area contributed by atoms with Crippen LogP contribution < -0.4 is 0 Å². The van der Waals surface area contributed by atoms with Crippen molar-refractivity contribution in [1.29, 1.82) is 0 Å². The van der Waals surface area contributed by atoms with Crippen LogP contribution in [0.3, 0.4) is 0 Å². The predicted molar refractivity (Wildman–Crippen MR) is 164 cm³/mol. The van der Waals surface area contributed by atoms with Crippen LogP contribution in [0.5, 0.6) is 0 Å². The molecular formula is C32H32Cl2N2O6S. The summed E-state index contributed by atoms with van der Waals surface area (Å²) in [5.41, 5.74) is 1.72. The molecule has 1 saturated carbocycles. The van der Waals surface area contributed by atoms with Gasteiger partial charge in [0.1, 0.15) is 11.5 Å². The largest absolute Gasteiger partial charge is 0.465 e. The molecule has 2 aliphatic rings. The van der Waals surface area contributed by atoms with E-state index in [1.54, 1.807) is 48.2 Å². The van der Waals surface area contributed by atoms with E-state index < -0.39 is 16.0 Å². The van der Waals surface area contributed by atoms with Gasteiger partial charge in [-0.2, -0.15) is 4.31 Å². The number of sulfonamides is 1. The van der Waals surface area contributed by atoms with E-state index >= 15 is 0 Å². The van der Waals surface area contributed by atoms with Gasteiger partial charge in [0.05, 0.1) is 29.7 Å². The molecule has 1 aliphatic heterocycles. The maximum Gasteiger partial charge on any atom is 0.340 e. The number of carbonyl (C=O) groups is 2. The van der Waals surface area contributed by atoms with Gasteiger partial charge in [-0.25, -0.2) is 13.2 Å². The standard InChI is InChI=1S/C32H32Cl2N2O6S/c1-21-30(32(38)41-2)29(31(37)36(21)25-6-4-3-5-7-25)18-26-14-15-27(42-26)20-35(19-22-8-10-23(33)11-9-22)43(39,40)28-16-12-24(34)13-17-28/h8-18,25H,3-7,19-20H2,1-2H3/b29-18+. The van der Waals surface area contributed by atoms with Crippen LogP contribution in [0.15, 0.2) is 86.8 Å². The Hall–Kier alpha value is -3.37. The van der Waals surface area contributed by atoms with E-state index in [0.29, 0.717) is 27.3 Å². The van der Waals surface area contributed by atoms with E-state index in [0.717, 1.165) is 37.7 Å². The lowest BCUT2D eigenvalue weighted by Gasteiger charge is -2.32. The summed E-state index contributed by atoms with van der Waals surface area (Å²) in [4.78, 5) is 28.2. The number of nitrogens with zero attached hydrogens (tertiary/aromatic N) is 2. The van der Waals surface area contributed by atoms with Crippen molar-refractivity contribution in [2.24, 2.45) is 0 Å². The van der Waals surface area contributed by atoms with E-state index in [4.69, 9.17) is 32.4 Å². The smallest absolute Gasteiger partial charge is 0.340 e. The van der Waals surface area contributed by atoms with Crippen molar-refractivity contribution in [3.8, 4) is 0 Å². The Morgan fingerprint density at radius 1 is 0.977 bits per heavy atom. The number of carbonyl (C=O) groups excluding carboxylic acids is 2. The van der Waals surface area contributed by atoms with Gasteiger partial charge in [0.2, 0.25) is 10.0 Å². The Bertz CT molecular complexity index is 1670. The first-order chi connectivity index (χ1) is 20.6. The van der Waals surface area contributed by atoms with Crippen molar-refractivity contribution in [1.82, 2.24) is 9.21 Å². The maximum absolute atomic E-state index is 13.7. The lowest BCUT2D eigenvalue weighted by Crippen LogP contribution is -2.37. The number of furan rings is 1. The summed E-state index contributed by atoms with van der Waals surface area (Å²) in [6, 6.07) is 16.2. The number of esters is 1. The third-order valence-corrected chi connectivity index (χ3v) is 10.1.